The van der Waals surface area contributed by atoms with Crippen LogP contribution in [0.4, 0.5) is 5.69 Å². The van der Waals surface area contributed by atoms with Crippen molar-refractivity contribution in [3.05, 3.63) is 40.8 Å². The molecule has 1 aliphatic carbocycles. The van der Waals surface area contributed by atoms with Gasteiger partial charge < -0.3 is 15.5 Å². The molecule has 0 atom stereocenters. The van der Waals surface area contributed by atoms with Crippen molar-refractivity contribution < 1.29 is 9.59 Å². The molecule has 35 heavy (non-hydrogen) atoms. The summed E-state index contributed by atoms with van der Waals surface area (Å²) in [6.07, 6.45) is 8.83. The van der Waals surface area contributed by atoms with Crippen molar-refractivity contribution in [3.63, 3.8) is 0 Å². The quantitative estimate of drug-likeness (QED) is 0.584. The van der Waals surface area contributed by atoms with Crippen LogP contribution in [0.15, 0.2) is 35.3 Å². The number of hydrogen-bond donors (Lipinski definition) is 2. The number of nitrogens with zero attached hydrogens (tertiary/aromatic N) is 2. The van der Waals surface area contributed by atoms with Crippen LogP contribution in [0.1, 0.15) is 62.3 Å². The number of piperidine rings is 1. The van der Waals surface area contributed by atoms with Crippen molar-refractivity contribution in [2.45, 2.75) is 70.8 Å². The highest BCUT2D eigenvalue weighted by atomic mass is 32.1. The van der Waals surface area contributed by atoms with E-state index in [1.54, 1.807) is 0 Å². The van der Waals surface area contributed by atoms with E-state index in [1.807, 2.05) is 23.5 Å². The molecule has 7 heteroatoms. The van der Waals surface area contributed by atoms with E-state index in [0.717, 1.165) is 56.0 Å². The topological polar surface area (TPSA) is 73.8 Å². The Morgan fingerprint density at radius 3 is 2.66 bits per heavy atom. The lowest BCUT2D eigenvalue weighted by Gasteiger charge is -2.35. The number of carbonyl (C=O) groups excluding carboxylic acids is 2. The summed E-state index contributed by atoms with van der Waals surface area (Å²) < 4.78 is 0. The summed E-state index contributed by atoms with van der Waals surface area (Å²) in [7, 11) is 0. The molecular formula is C28H36N4O2S. The van der Waals surface area contributed by atoms with E-state index in [4.69, 9.17) is 4.99 Å². The molecule has 1 saturated heterocycles. The second kappa shape index (κ2) is 10.2. The van der Waals surface area contributed by atoms with Gasteiger partial charge in [0.15, 0.2) is 0 Å². The fourth-order valence-corrected chi connectivity index (χ4v) is 6.83. The Morgan fingerprint density at radius 2 is 1.94 bits per heavy atom. The van der Waals surface area contributed by atoms with Crippen molar-refractivity contribution >= 4 is 34.7 Å². The van der Waals surface area contributed by atoms with E-state index < -0.39 is 5.54 Å². The molecule has 2 fully saturated rings. The number of likely N-dealkylation sites (tertiary alicyclic amines) is 1. The van der Waals surface area contributed by atoms with Gasteiger partial charge in [0.2, 0.25) is 5.91 Å². The molecule has 186 valence electrons. The molecule has 5 rings (SSSR count). The highest BCUT2D eigenvalue weighted by Gasteiger charge is 2.46. The van der Waals surface area contributed by atoms with Crippen LogP contribution in [0.3, 0.4) is 0 Å². The van der Waals surface area contributed by atoms with Gasteiger partial charge in [0.25, 0.3) is 5.91 Å². The van der Waals surface area contributed by atoms with E-state index in [-0.39, 0.29) is 11.8 Å². The molecule has 3 heterocycles. The lowest BCUT2D eigenvalue weighted by Crippen LogP contribution is -2.49. The van der Waals surface area contributed by atoms with Crippen molar-refractivity contribution in [1.82, 2.24) is 10.2 Å². The Morgan fingerprint density at radius 1 is 1.17 bits per heavy atom. The molecule has 1 aromatic heterocycles. The molecule has 3 aliphatic rings. The van der Waals surface area contributed by atoms with Gasteiger partial charge in [0.1, 0.15) is 11.4 Å². The Kier molecular flexibility index (Phi) is 7.07. The van der Waals surface area contributed by atoms with Gasteiger partial charge in [0.05, 0.1) is 0 Å². The van der Waals surface area contributed by atoms with Gasteiger partial charge >= 0.3 is 0 Å². The van der Waals surface area contributed by atoms with Gasteiger partial charge in [-0.1, -0.05) is 25.3 Å². The normalized spacial score (nSPS) is 20.6. The number of amides is 2. The molecule has 2 amide bonds. The summed E-state index contributed by atoms with van der Waals surface area (Å²) in [6, 6.07) is 10.5. The van der Waals surface area contributed by atoms with Gasteiger partial charge in [-0.3, -0.25) is 14.6 Å². The van der Waals surface area contributed by atoms with Crippen LogP contribution in [0.25, 0.3) is 10.4 Å². The van der Waals surface area contributed by atoms with Gasteiger partial charge in [-0.15, -0.1) is 11.3 Å². The fourth-order valence-electron chi connectivity index (χ4n) is 5.74. The summed E-state index contributed by atoms with van der Waals surface area (Å²) in [5.41, 5.74) is 2.70. The lowest BCUT2D eigenvalue weighted by atomic mass is 9.87. The summed E-state index contributed by atoms with van der Waals surface area (Å²) in [5, 5.41) is 6.02. The number of anilines is 1. The minimum atomic E-state index is -0.514. The maximum atomic E-state index is 12.9. The standard InChI is InChI=1S/C28H36N4O2S/c1-19-18-22(29-20(2)33)8-10-24(19)25-11-9-23(35-25)12-15-32-16-13-28(14-17-32)27(34)30-26(31-28)21-6-4-3-5-7-21/h8-11,18,21H,3-7,12-17H2,1-2H3,(H,29,33)(H,30,31,34). The van der Waals surface area contributed by atoms with E-state index in [0.29, 0.717) is 5.92 Å². The number of benzene rings is 1. The van der Waals surface area contributed by atoms with Crippen molar-refractivity contribution in [2.24, 2.45) is 10.9 Å². The number of amidine groups is 1. The zero-order chi connectivity index (χ0) is 24.4. The molecule has 2 aromatic rings. The number of carbonyl (C=O) groups is 2. The first-order chi connectivity index (χ1) is 16.9. The molecule has 1 spiro atoms. The zero-order valence-electron chi connectivity index (χ0n) is 20.9. The number of rotatable bonds is 6. The number of thiophene rings is 1. The van der Waals surface area contributed by atoms with Crippen molar-refractivity contribution in [2.75, 3.05) is 25.0 Å². The van der Waals surface area contributed by atoms with Crippen LogP contribution < -0.4 is 10.6 Å². The van der Waals surface area contributed by atoms with Gasteiger partial charge in [-0.2, -0.15) is 0 Å². The highest BCUT2D eigenvalue weighted by molar-refractivity contribution is 7.15. The third-order valence-corrected chi connectivity index (χ3v) is 9.00. The largest absolute Gasteiger partial charge is 0.326 e. The molecule has 1 saturated carbocycles. The number of hydrogen-bond acceptors (Lipinski definition) is 5. The summed E-state index contributed by atoms with van der Waals surface area (Å²) in [6.45, 7) is 6.48. The van der Waals surface area contributed by atoms with Crippen molar-refractivity contribution in [3.8, 4) is 10.4 Å². The van der Waals surface area contributed by atoms with Gasteiger partial charge in [-0.25, -0.2) is 0 Å². The van der Waals surface area contributed by atoms with Crippen LogP contribution in [0.5, 0.6) is 0 Å². The average molecular weight is 493 g/mol. The smallest absolute Gasteiger partial charge is 0.253 e. The van der Waals surface area contributed by atoms with E-state index in [9.17, 15) is 9.59 Å². The van der Waals surface area contributed by atoms with Gasteiger partial charge in [0, 0.05) is 47.9 Å². The lowest BCUT2D eigenvalue weighted by molar-refractivity contribution is -0.125. The summed E-state index contributed by atoms with van der Waals surface area (Å²) in [5.74, 6) is 1.53. The Balaban J connectivity index is 1.15. The second-order valence-electron chi connectivity index (χ2n) is 10.4. The van der Waals surface area contributed by atoms with E-state index >= 15 is 0 Å². The van der Waals surface area contributed by atoms with Gasteiger partial charge in [-0.05, 0) is 74.4 Å². The molecular weight excluding hydrogens is 456 g/mol. The third-order valence-electron chi connectivity index (χ3n) is 7.82. The van der Waals surface area contributed by atoms with Crippen LogP contribution in [-0.4, -0.2) is 47.7 Å². The first kappa shape index (κ1) is 24.2. The average Bonchev–Trinajstić information content (AvgIpc) is 3.44. The molecule has 0 bridgehead atoms. The Labute approximate surface area is 212 Å². The number of nitrogens with one attached hydrogen (secondary N) is 2. The maximum Gasteiger partial charge on any atom is 0.253 e. The highest BCUT2D eigenvalue weighted by Crippen LogP contribution is 2.35. The number of aryl methyl sites for hydroxylation is 1. The molecule has 6 nitrogen and oxygen atoms in total. The van der Waals surface area contributed by atoms with Crippen LogP contribution >= 0.6 is 11.3 Å². The van der Waals surface area contributed by atoms with E-state index in [2.05, 4.69) is 40.7 Å². The van der Waals surface area contributed by atoms with Crippen LogP contribution in [0, 0.1) is 12.8 Å². The summed E-state index contributed by atoms with van der Waals surface area (Å²) in [4.78, 5) is 34.3. The van der Waals surface area contributed by atoms with Crippen LogP contribution in [-0.2, 0) is 16.0 Å². The Hall–Kier alpha value is -2.51. The summed E-state index contributed by atoms with van der Waals surface area (Å²) >= 11 is 1.84. The SMILES string of the molecule is CC(=O)Nc1ccc(-c2ccc(CCN3CCC4(CC3)N=C(C3CCCCC3)NC4=O)s2)c(C)c1. The monoisotopic (exact) mass is 492 g/mol. The maximum absolute atomic E-state index is 12.9. The molecule has 0 radical (unpaired) electrons. The fraction of sp³-hybridized carbons (Fsp3) is 0.536. The first-order valence-electron chi connectivity index (χ1n) is 13.0. The second-order valence-corrected chi connectivity index (χ2v) is 11.6. The molecule has 0 unspecified atom stereocenters. The molecule has 2 N–H and O–H groups in total. The predicted octanol–water partition coefficient (Wildman–Crippen LogP) is 5.17. The minimum absolute atomic E-state index is 0.0516. The van der Waals surface area contributed by atoms with Crippen molar-refractivity contribution in [1.29, 1.82) is 0 Å². The molecule has 2 aliphatic heterocycles. The molecule has 1 aromatic carbocycles. The Bertz CT molecular complexity index is 1120. The van der Waals surface area contributed by atoms with Crippen LogP contribution in [0.2, 0.25) is 0 Å². The van der Waals surface area contributed by atoms with E-state index in [1.165, 1.54) is 54.3 Å². The predicted molar refractivity (Wildman–Crippen MR) is 143 cm³/mol. The zero-order valence-corrected chi connectivity index (χ0v) is 21.7. The number of aliphatic imine (C=N–C) groups is 1. The first-order valence-corrected chi connectivity index (χ1v) is 13.8. The minimum Gasteiger partial charge on any atom is -0.326 e. The third kappa shape index (κ3) is 5.36.